The van der Waals surface area contributed by atoms with Crippen molar-refractivity contribution in [2.45, 2.75) is 19.8 Å². The molecule has 0 bridgehead atoms. The Bertz CT molecular complexity index is 731. The number of thiazole rings is 1. The fraction of sp³-hybridized carbons (Fsp3) is 0.214. The second kappa shape index (κ2) is 4.66. The topological polar surface area (TPSA) is 38.7 Å². The molecular weight excluding hydrogens is 261 g/mol. The van der Waals surface area contributed by atoms with Crippen molar-refractivity contribution in [3.63, 3.8) is 0 Å². The molecule has 2 aromatic heterocycles. The molecule has 0 atom stereocenters. The number of aromatic nitrogens is 3. The molecule has 0 aliphatic rings. The summed E-state index contributed by atoms with van der Waals surface area (Å²) in [5.74, 6) is -0.198. The molecule has 5 heteroatoms. The van der Waals surface area contributed by atoms with Gasteiger partial charge in [0.05, 0.1) is 16.6 Å². The van der Waals surface area contributed by atoms with Gasteiger partial charge in [0.2, 0.25) is 12.3 Å². The van der Waals surface area contributed by atoms with Crippen molar-refractivity contribution in [1.29, 1.82) is 0 Å². The van der Waals surface area contributed by atoms with Gasteiger partial charge < -0.3 is 0 Å². The number of rotatable bonds is 2. The maximum absolute atomic E-state index is 13.9. The van der Waals surface area contributed by atoms with Crippen LogP contribution in [0.2, 0.25) is 0 Å². The van der Waals surface area contributed by atoms with Gasteiger partial charge >= 0.3 is 0 Å². The van der Waals surface area contributed by atoms with Crippen LogP contribution in [-0.2, 0) is 0 Å². The van der Waals surface area contributed by atoms with E-state index in [9.17, 15) is 4.39 Å². The lowest BCUT2D eigenvalue weighted by molar-refractivity contribution is 0.593. The molecule has 0 fully saturated rings. The van der Waals surface area contributed by atoms with Crippen LogP contribution in [0.5, 0.6) is 0 Å². The van der Waals surface area contributed by atoms with Crippen LogP contribution in [0.3, 0.4) is 0 Å². The Morgan fingerprint density at radius 2 is 2.11 bits per heavy atom. The van der Waals surface area contributed by atoms with Gasteiger partial charge in [0.25, 0.3) is 0 Å². The summed E-state index contributed by atoms with van der Waals surface area (Å²) in [6.07, 6.45) is 2.31. The maximum Gasteiger partial charge on any atom is 0.225 e. The highest BCUT2D eigenvalue weighted by molar-refractivity contribution is 7.13. The molecule has 95 valence electrons. The molecule has 0 aliphatic heterocycles. The monoisotopic (exact) mass is 272 g/mol. The molecule has 1 aromatic carbocycles. The predicted octanol–water partition coefficient (Wildman–Crippen LogP) is 3.82. The van der Waals surface area contributed by atoms with Crippen molar-refractivity contribution in [3.05, 3.63) is 41.5 Å². The highest BCUT2D eigenvalue weighted by Crippen LogP contribution is 2.32. The van der Waals surface area contributed by atoms with Crippen LogP contribution in [0.15, 0.2) is 23.6 Å². The number of hydrogen-bond donors (Lipinski definition) is 0. The predicted molar refractivity (Wildman–Crippen MR) is 73.5 cm³/mol. The van der Waals surface area contributed by atoms with E-state index in [2.05, 4.69) is 35.1 Å². The van der Waals surface area contributed by atoms with Gasteiger partial charge in [-0.3, -0.25) is 0 Å². The van der Waals surface area contributed by atoms with E-state index in [0.29, 0.717) is 16.8 Å². The van der Waals surface area contributed by atoms with Crippen molar-refractivity contribution in [1.82, 2.24) is 15.0 Å². The summed E-state index contributed by atoms with van der Waals surface area (Å²) in [5, 5.41) is 3.21. The second-order valence-corrected chi connectivity index (χ2v) is 5.40. The molecule has 0 unspecified atom stereocenters. The first kappa shape index (κ1) is 12.2. The van der Waals surface area contributed by atoms with Crippen molar-refractivity contribution < 1.29 is 4.39 Å². The van der Waals surface area contributed by atoms with E-state index in [1.54, 1.807) is 6.07 Å². The van der Waals surface area contributed by atoms with E-state index in [4.69, 9.17) is 0 Å². The Labute approximate surface area is 114 Å². The van der Waals surface area contributed by atoms with E-state index in [-0.39, 0.29) is 0 Å². The molecule has 0 spiro atoms. The molecule has 0 saturated carbocycles. The van der Waals surface area contributed by atoms with Crippen LogP contribution in [0.4, 0.5) is 4.39 Å². The van der Waals surface area contributed by atoms with E-state index >= 15 is 0 Å². The average Bonchev–Trinajstić information content (AvgIpc) is 2.88. The molecule has 0 aliphatic carbocycles. The number of fused-ring (bicyclic) bond motifs is 1. The molecule has 1 radical (unpaired) electrons. The summed E-state index contributed by atoms with van der Waals surface area (Å²) in [4.78, 5) is 12.0. The number of benzene rings is 1. The summed E-state index contributed by atoms with van der Waals surface area (Å²) in [5.41, 5.74) is 2.30. The van der Waals surface area contributed by atoms with Gasteiger partial charge in [-0.05, 0) is 12.0 Å². The molecule has 0 amide bonds. The lowest BCUT2D eigenvalue weighted by atomic mass is 10.1. The fourth-order valence-corrected chi connectivity index (χ4v) is 2.89. The smallest absolute Gasteiger partial charge is 0.225 e. The van der Waals surface area contributed by atoms with Crippen LogP contribution in [0.25, 0.3) is 21.5 Å². The van der Waals surface area contributed by atoms with E-state index < -0.39 is 5.95 Å². The van der Waals surface area contributed by atoms with Crippen LogP contribution < -0.4 is 0 Å². The van der Waals surface area contributed by atoms with Gasteiger partial charge in [-0.2, -0.15) is 9.37 Å². The van der Waals surface area contributed by atoms with Gasteiger partial charge in [0.1, 0.15) is 5.01 Å². The summed E-state index contributed by atoms with van der Waals surface area (Å²) >= 11 is 1.51. The highest BCUT2D eigenvalue weighted by atomic mass is 32.1. The maximum atomic E-state index is 13.9. The molecule has 2 heterocycles. The zero-order valence-electron chi connectivity index (χ0n) is 10.5. The van der Waals surface area contributed by atoms with Crippen molar-refractivity contribution >= 4 is 22.2 Å². The Morgan fingerprint density at radius 3 is 2.84 bits per heavy atom. The zero-order chi connectivity index (χ0) is 13.4. The Morgan fingerprint density at radius 1 is 1.26 bits per heavy atom. The van der Waals surface area contributed by atoms with Crippen LogP contribution in [0.1, 0.15) is 25.5 Å². The van der Waals surface area contributed by atoms with Gasteiger partial charge in [0, 0.05) is 10.9 Å². The van der Waals surface area contributed by atoms with E-state index in [1.807, 2.05) is 17.5 Å². The quantitative estimate of drug-likeness (QED) is 0.666. The third-order valence-electron chi connectivity index (χ3n) is 2.91. The Kier molecular flexibility index (Phi) is 2.98. The fourth-order valence-electron chi connectivity index (χ4n) is 1.88. The van der Waals surface area contributed by atoms with E-state index in [0.717, 1.165) is 16.3 Å². The largest absolute Gasteiger partial charge is 0.241 e. The first-order valence-electron chi connectivity index (χ1n) is 5.95. The van der Waals surface area contributed by atoms with Gasteiger partial charge in [0.15, 0.2) is 0 Å². The van der Waals surface area contributed by atoms with Crippen molar-refractivity contribution in [3.8, 4) is 10.6 Å². The lowest BCUT2D eigenvalue weighted by Gasteiger charge is -2.03. The molecule has 19 heavy (non-hydrogen) atoms. The Hall–Kier alpha value is -1.88. The average molecular weight is 272 g/mol. The second-order valence-electron chi connectivity index (χ2n) is 4.55. The first-order valence-corrected chi connectivity index (χ1v) is 6.83. The van der Waals surface area contributed by atoms with Crippen LogP contribution in [0, 0.1) is 12.3 Å². The summed E-state index contributed by atoms with van der Waals surface area (Å²) in [6, 6.07) is 5.43. The van der Waals surface area contributed by atoms with Crippen LogP contribution >= 0.6 is 11.3 Å². The molecule has 3 nitrogen and oxygen atoms in total. The molecule has 0 N–H and O–H groups in total. The SMILES string of the molecule is CC(C)c1csc(-c2cccc3n[c]nc(F)c23)n1. The standard InChI is InChI=1S/C14H11FN3S/c1-8(2)11-6-19-14(18-11)9-4-3-5-10-12(9)13(15)17-7-16-10/h3-6,8H,1-2H3. The highest BCUT2D eigenvalue weighted by Gasteiger charge is 2.14. The minimum Gasteiger partial charge on any atom is -0.241 e. The zero-order valence-corrected chi connectivity index (χ0v) is 11.3. The third-order valence-corrected chi connectivity index (χ3v) is 3.81. The molecular formula is C14H11FN3S. The minimum absolute atomic E-state index is 0.356. The first-order chi connectivity index (χ1) is 9.16. The normalized spacial score (nSPS) is 11.4. The van der Waals surface area contributed by atoms with Gasteiger partial charge in [-0.25, -0.2) is 9.97 Å². The van der Waals surface area contributed by atoms with Crippen LogP contribution in [-0.4, -0.2) is 15.0 Å². The van der Waals surface area contributed by atoms with Gasteiger partial charge in [-0.15, -0.1) is 11.3 Å². The van der Waals surface area contributed by atoms with Crippen molar-refractivity contribution in [2.24, 2.45) is 0 Å². The number of halogens is 1. The summed E-state index contributed by atoms with van der Waals surface area (Å²) in [6.45, 7) is 4.17. The van der Waals surface area contributed by atoms with Crippen molar-refractivity contribution in [2.75, 3.05) is 0 Å². The van der Waals surface area contributed by atoms with E-state index in [1.165, 1.54) is 11.3 Å². The Balaban J connectivity index is 2.24. The lowest BCUT2D eigenvalue weighted by Crippen LogP contribution is -1.92. The molecule has 0 saturated heterocycles. The molecule has 3 rings (SSSR count). The summed E-state index contributed by atoms with van der Waals surface area (Å²) in [7, 11) is 0. The molecule has 3 aromatic rings. The third kappa shape index (κ3) is 2.10. The summed E-state index contributed by atoms with van der Waals surface area (Å²) < 4.78 is 13.9. The minimum atomic E-state index is -0.554. The number of hydrogen-bond acceptors (Lipinski definition) is 4. The van der Waals surface area contributed by atoms with Gasteiger partial charge in [-0.1, -0.05) is 26.0 Å². The number of nitrogens with zero attached hydrogens (tertiary/aromatic N) is 3.